The van der Waals surface area contributed by atoms with Crippen molar-refractivity contribution in [1.82, 2.24) is 15.5 Å². The zero-order valence-electron chi connectivity index (χ0n) is 17.9. The van der Waals surface area contributed by atoms with Crippen molar-refractivity contribution in [1.29, 1.82) is 0 Å². The summed E-state index contributed by atoms with van der Waals surface area (Å²) in [7, 11) is 0. The highest BCUT2D eigenvalue weighted by molar-refractivity contribution is 7.99. The second-order valence-corrected chi connectivity index (χ2v) is 9.05. The van der Waals surface area contributed by atoms with E-state index in [0.717, 1.165) is 53.7 Å². The minimum atomic E-state index is -0.271. The van der Waals surface area contributed by atoms with Crippen molar-refractivity contribution in [3.8, 4) is 11.5 Å². The summed E-state index contributed by atoms with van der Waals surface area (Å²) in [4.78, 5) is 15.6. The number of anilines is 1. The van der Waals surface area contributed by atoms with Gasteiger partial charge in [0.05, 0.1) is 0 Å². The first-order chi connectivity index (χ1) is 16.1. The van der Waals surface area contributed by atoms with Crippen LogP contribution in [0.1, 0.15) is 18.4 Å². The molecule has 2 aliphatic heterocycles. The first-order valence-electron chi connectivity index (χ1n) is 10.8. The number of hydrogen-bond donors (Lipinski definition) is 1. The number of rotatable bonds is 6. The van der Waals surface area contributed by atoms with Crippen LogP contribution in [0, 0.1) is 11.7 Å². The van der Waals surface area contributed by atoms with E-state index in [9.17, 15) is 9.18 Å². The van der Waals surface area contributed by atoms with Gasteiger partial charge >= 0.3 is 0 Å². The summed E-state index contributed by atoms with van der Waals surface area (Å²) in [5.74, 6) is 2.02. The van der Waals surface area contributed by atoms with Gasteiger partial charge in [-0.05, 0) is 60.9 Å². The molecule has 0 atom stereocenters. The lowest BCUT2D eigenvalue weighted by molar-refractivity contribution is -0.125. The summed E-state index contributed by atoms with van der Waals surface area (Å²) in [5, 5.41) is 12.4. The minimum Gasteiger partial charge on any atom is -0.454 e. The Balaban J connectivity index is 1.10. The molecule has 0 aliphatic carbocycles. The van der Waals surface area contributed by atoms with E-state index < -0.39 is 0 Å². The average Bonchev–Trinajstić information content (AvgIpc) is 3.31. The Morgan fingerprint density at radius 1 is 1.06 bits per heavy atom. The molecule has 1 N–H and O–H groups in total. The molecule has 0 saturated carbocycles. The maximum absolute atomic E-state index is 13.4. The Hall–Kier alpha value is -3.33. The SMILES string of the molecule is O=C(NCc1ccc2c(c1)OCO2)C1CCN(c2ccc(Sc3cccc(F)c3)nn2)CC1. The molecule has 0 radical (unpaired) electrons. The van der Waals surface area contributed by atoms with Crippen LogP contribution >= 0.6 is 11.8 Å². The number of benzene rings is 2. The summed E-state index contributed by atoms with van der Waals surface area (Å²) in [6.45, 7) is 2.19. The van der Waals surface area contributed by atoms with Crippen molar-refractivity contribution in [3.63, 3.8) is 0 Å². The number of ether oxygens (including phenoxy) is 2. The van der Waals surface area contributed by atoms with Crippen LogP contribution in [0.25, 0.3) is 0 Å². The van der Waals surface area contributed by atoms with Gasteiger partial charge < -0.3 is 19.7 Å². The third kappa shape index (κ3) is 5.19. The van der Waals surface area contributed by atoms with E-state index in [2.05, 4.69) is 20.4 Å². The van der Waals surface area contributed by atoms with Crippen LogP contribution in [-0.4, -0.2) is 36.0 Å². The van der Waals surface area contributed by atoms with E-state index >= 15 is 0 Å². The Morgan fingerprint density at radius 3 is 2.70 bits per heavy atom. The van der Waals surface area contributed by atoms with Crippen molar-refractivity contribution < 1.29 is 18.7 Å². The molecule has 2 aliphatic rings. The first kappa shape index (κ1) is 21.5. The van der Waals surface area contributed by atoms with Gasteiger partial charge in [-0.3, -0.25) is 4.79 Å². The normalized spacial score (nSPS) is 15.5. The molecule has 33 heavy (non-hydrogen) atoms. The molecule has 1 saturated heterocycles. The van der Waals surface area contributed by atoms with Gasteiger partial charge in [0.2, 0.25) is 12.7 Å². The average molecular weight is 467 g/mol. The molecular formula is C24H23FN4O3S. The number of aromatic nitrogens is 2. The Morgan fingerprint density at radius 2 is 1.91 bits per heavy atom. The fourth-order valence-electron chi connectivity index (χ4n) is 3.94. The molecule has 2 aromatic carbocycles. The largest absolute Gasteiger partial charge is 0.454 e. The molecule has 0 spiro atoms. The number of carbonyl (C=O) groups is 1. The van der Waals surface area contributed by atoms with Crippen molar-refractivity contribution >= 4 is 23.5 Å². The number of halogens is 1. The maximum Gasteiger partial charge on any atom is 0.231 e. The molecule has 3 aromatic rings. The van der Waals surface area contributed by atoms with Crippen molar-refractivity contribution in [2.75, 3.05) is 24.8 Å². The van der Waals surface area contributed by atoms with Crippen molar-refractivity contribution in [2.45, 2.75) is 29.3 Å². The number of fused-ring (bicyclic) bond motifs is 1. The first-order valence-corrected chi connectivity index (χ1v) is 11.6. The van der Waals surface area contributed by atoms with Gasteiger partial charge in [0.25, 0.3) is 0 Å². The van der Waals surface area contributed by atoms with Gasteiger partial charge in [-0.15, -0.1) is 10.2 Å². The summed E-state index contributed by atoms with van der Waals surface area (Å²) >= 11 is 1.37. The lowest BCUT2D eigenvalue weighted by Gasteiger charge is -2.31. The fourth-order valence-corrected chi connectivity index (χ4v) is 4.72. The molecule has 170 valence electrons. The molecule has 5 rings (SSSR count). The van der Waals surface area contributed by atoms with Gasteiger partial charge in [-0.1, -0.05) is 23.9 Å². The quantitative estimate of drug-likeness (QED) is 0.588. The monoisotopic (exact) mass is 466 g/mol. The standard InChI is InChI=1S/C24H23FN4O3S/c25-18-2-1-3-19(13-18)33-23-7-6-22(27-28-23)29-10-8-17(9-11-29)24(30)26-14-16-4-5-20-21(12-16)32-15-31-20/h1-7,12-13,17H,8-11,14-15H2,(H,26,30). The lowest BCUT2D eigenvalue weighted by atomic mass is 9.96. The summed E-state index contributed by atoms with van der Waals surface area (Å²) < 4.78 is 24.1. The van der Waals surface area contributed by atoms with Crippen LogP contribution in [0.15, 0.2) is 64.5 Å². The zero-order chi connectivity index (χ0) is 22.6. The zero-order valence-corrected chi connectivity index (χ0v) is 18.7. The molecule has 1 amide bonds. The third-order valence-corrected chi connectivity index (χ3v) is 6.65. The van der Waals surface area contributed by atoms with E-state index in [-0.39, 0.29) is 24.4 Å². The highest BCUT2D eigenvalue weighted by Crippen LogP contribution is 2.32. The summed E-state index contributed by atoms with van der Waals surface area (Å²) in [6.07, 6.45) is 1.52. The van der Waals surface area contributed by atoms with E-state index in [1.54, 1.807) is 6.07 Å². The molecule has 7 nitrogen and oxygen atoms in total. The van der Waals surface area contributed by atoms with Crippen LogP contribution in [0.4, 0.5) is 10.2 Å². The number of piperidine rings is 1. The van der Waals surface area contributed by atoms with E-state index in [4.69, 9.17) is 9.47 Å². The summed E-state index contributed by atoms with van der Waals surface area (Å²) in [5.41, 5.74) is 0.983. The minimum absolute atomic E-state index is 0.0222. The van der Waals surface area contributed by atoms with Crippen LogP contribution in [-0.2, 0) is 11.3 Å². The van der Waals surface area contributed by atoms with Crippen LogP contribution in [0.3, 0.4) is 0 Å². The van der Waals surface area contributed by atoms with Crippen LogP contribution < -0.4 is 19.7 Å². The Bertz CT molecular complexity index is 1140. The smallest absolute Gasteiger partial charge is 0.231 e. The molecule has 1 aromatic heterocycles. The van der Waals surface area contributed by atoms with Gasteiger partial charge in [0.15, 0.2) is 17.3 Å². The Labute approximate surface area is 195 Å². The fraction of sp³-hybridized carbons (Fsp3) is 0.292. The molecule has 0 unspecified atom stereocenters. The highest BCUT2D eigenvalue weighted by Gasteiger charge is 2.26. The number of nitrogens with zero attached hydrogens (tertiary/aromatic N) is 3. The predicted molar refractivity (Wildman–Crippen MR) is 122 cm³/mol. The van der Waals surface area contributed by atoms with Crippen molar-refractivity contribution in [2.24, 2.45) is 5.92 Å². The summed E-state index contributed by atoms with van der Waals surface area (Å²) in [6, 6.07) is 15.9. The highest BCUT2D eigenvalue weighted by atomic mass is 32.2. The molecule has 0 bridgehead atoms. The molecule has 9 heteroatoms. The number of hydrogen-bond acceptors (Lipinski definition) is 7. The maximum atomic E-state index is 13.4. The van der Waals surface area contributed by atoms with Gasteiger partial charge in [-0.25, -0.2) is 4.39 Å². The van der Waals surface area contributed by atoms with Gasteiger partial charge in [0, 0.05) is 30.4 Å². The third-order valence-electron chi connectivity index (χ3n) is 5.74. The number of nitrogens with one attached hydrogen (secondary N) is 1. The Kier molecular flexibility index (Phi) is 6.30. The second-order valence-electron chi connectivity index (χ2n) is 7.96. The molecule has 1 fully saturated rings. The van der Waals surface area contributed by atoms with Crippen LogP contribution in [0.5, 0.6) is 11.5 Å². The molecular weight excluding hydrogens is 443 g/mol. The number of carbonyl (C=O) groups excluding carboxylic acids is 1. The second kappa shape index (κ2) is 9.66. The van der Waals surface area contributed by atoms with E-state index in [1.165, 1.54) is 23.9 Å². The number of amides is 1. The van der Waals surface area contributed by atoms with E-state index in [0.29, 0.717) is 11.6 Å². The topological polar surface area (TPSA) is 76.6 Å². The van der Waals surface area contributed by atoms with E-state index in [1.807, 2.05) is 36.4 Å². The predicted octanol–water partition coefficient (Wildman–Crippen LogP) is 4.03. The van der Waals surface area contributed by atoms with Crippen molar-refractivity contribution in [3.05, 3.63) is 66.0 Å². The van der Waals surface area contributed by atoms with Gasteiger partial charge in [0.1, 0.15) is 10.8 Å². The van der Waals surface area contributed by atoms with Crippen LogP contribution in [0.2, 0.25) is 0 Å². The lowest BCUT2D eigenvalue weighted by Crippen LogP contribution is -2.40. The molecule has 3 heterocycles. The van der Waals surface area contributed by atoms with Gasteiger partial charge in [-0.2, -0.15) is 0 Å².